The summed E-state index contributed by atoms with van der Waals surface area (Å²) >= 11 is 9.06. The molecule has 1 aliphatic rings. The number of rotatable bonds is 3. The number of benzene rings is 1. The van der Waals surface area contributed by atoms with Crippen molar-refractivity contribution < 1.29 is 9.18 Å². The Kier molecular flexibility index (Phi) is 5.81. The summed E-state index contributed by atoms with van der Waals surface area (Å²) in [5.74, 6) is 0.0860. The zero-order valence-corrected chi connectivity index (χ0v) is 13.5. The fraction of sp³-hybridized carbons (Fsp3) is 0.500. The van der Waals surface area contributed by atoms with Crippen molar-refractivity contribution in [2.24, 2.45) is 0 Å². The second kappa shape index (κ2) is 7.38. The fourth-order valence-corrected chi connectivity index (χ4v) is 3.00. The normalized spacial score (nSPS) is 17.1. The number of halogens is 3. The van der Waals surface area contributed by atoms with Crippen molar-refractivity contribution in [3.63, 3.8) is 0 Å². The van der Waals surface area contributed by atoms with Gasteiger partial charge < -0.3 is 9.80 Å². The smallest absolute Gasteiger partial charge is 0.255 e. The lowest BCUT2D eigenvalue weighted by molar-refractivity contribution is 0.0760. The Bertz CT molecular complexity index is 486. The first-order valence-electron chi connectivity index (χ1n) is 6.64. The van der Waals surface area contributed by atoms with E-state index >= 15 is 0 Å². The standard InChI is InChI=1S/C14H17BrClFN2O/c15-13-3-2-11(17)10-12(13)14(20)19-6-1-5-18(7-4-16)8-9-19/h2-3,10H,1,4-9H2. The number of carbonyl (C=O) groups is 1. The Morgan fingerprint density at radius 2 is 2.10 bits per heavy atom. The third kappa shape index (κ3) is 3.93. The van der Waals surface area contributed by atoms with E-state index in [4.69, 9.17) is 11.6 Å². The monoisotopic (exact) mass is 362 g/mol. The van der Waals surface area contributed by atoms with Gasteiger partial charge in [-0.2, -0.15) is 0 Å². The molecule has 1 aliphatic heterocycles. The molecule has 0 N–H and O–H groups in total. The Balaban J connectivity index is 2.07. The van der Waals surface area contributed by atoms with E-state index < -0.39 is 5.82 Å². The van der Waals surface area contributed by atoms with Gasteiger partial charge in [-0.25, -0.2) is 4.39 Å². The van der Waals surface area contributed by atoms with Crippen LogP contribution < -0.4 is 0 Å². The van der Waals surface area contributed by atoms with Gasteiger partial charge in [-0.3, -0.25) is 4.79 Å². The maximum Gasteiger partial charge on any atom is 0.255 e. The highest BCUT2D eigenvalue weighted by Gasteiger charge is 2.21. The summed E-state index contributed by atoms with van der Waals surface area (Å²) in [5.41, 5.74) is 0.385. The molecule has 0 aliphatic carbocycles. The minimum atomic E-state index is -0.393. The van der Waals surface area contributed by atoms with Crippen LogP contribution in [0.15, 0.2) is 22.7 Å². The van der Waals surface area contributed by atoms with Gasteiger partial charge in [0, 0.05) is 36.5 Å². The number of carbonyl (C=O) groups excluding carboxylic acids is 1. The van der Waals surface area contributed by atoms with E-state index in [0.29, 0.717) is 29.0 Å². The molecular formula is C14H17BrClFN2O. The van der Waals surface area contributed by atoms with E-state index in [-0.39, 0.29) is 5.91 Å². The van der Waals surface area contributed by atoms with Crippen molar-refractivity contribution in [3.8, 4) is 0 Å². The van der Waals surface area contributed by atoms with Gasteiger partial charge in [0.25, 0.3) is 5.91 Å². The van der Waals surface area contributed by atoms with Crippen LogP contribution in [0.25, 0.3) is 0 Å². The van der Waals surface area contributed by atoms with E-state index in [0.717, 1.165) is 26.1 Å². The minimum Gasteiger partial charge on any atom is -0.337 e. The van der Waals surface area contributed by atoms with Gasteiger partial charge in [-0.1, -0.05) is 0 Å². The number of amides is 1. The molecule has 110 valence electrons. The molecule has 1 saturated heterocycles. The minimum absolute atomic E-state index is 0.121. The molecule has 3 nitrogen and oxygen atoms in total. The number of hydrogen-bond donors (Lipinski definition) is 0. The Labute approximate surface area is 131 Å². The number of nitrogens with zero attached hydrogens (tertiary/aromatic N) is 2. The summed E-state index contributed by atoms with van der Waals surface area (Å²) in [6, 6.07) is 4.19. The van der Waals surface area contributed by atoms with Crippen molar-refractivity contribution in [1.29, 1.82) is 0 Å². The Morgan fingerprint density at radius 3 is 2.85 bits per heavy atom. The number of hydrogen-bond acceptors (Lipinski definition) is 2. The van der Waals surface area contributed by atoms with E-state index in [9.17, 15) is 9.18 Å². The summed E-state index contributed by atoms with van der Waals surface area (Å²) in [4.78, 5) is 16.5. The highest BCUT2D eigenvalue weighted by molar-refractivity contribution is 9.10. The molecule has 1 amide bonds. The highest BCUT2D eigenvalue weighted by Crippen LogP contribution is 2.20. The third-order valence-electron chi connectivity index (χ3n) is 3.44. The molecule has 1 aromatic rings. The lowest BCUT2D eigenvalue weighted by atomic mass is 10.2. The van der Waals surface area contributed by atoms with Crippen LogP contribution in [0.2, 0.25) is 0 Å². The summed E-state index contributed by atoms with van der Waals surface area (Å²) < 4.78 is 13.9. The molecule has 1 heterocycles. The quantitative estimate of drug-likeness (QED) is 0.771. The lowest BCUT2D eigenvalue weighted by Gasteiger charge is -2.22. The molecule has 1 fully saturated rings. The van der Waals surface area contributed by atoms with Gasteiger partial charge in [-0.15, -0.1) is 11.6 Å². The van der Waals surface area contributed by atoms with Gasteiger partial charge in [0.2, 0.25) is 0 Å². The Morgan fingerprint density at radius 1 is 1.30 bits per heavy atom. The maximum absolute atomic E-state index is 13.3. The van der Waals surface area contributed by atoms with Gasteiger partial charge in [-0.05, 0) is 47.1 Å². The van der Waals surface area contributed by atoms with E-state index in [1.54, 1.807) is 11.0 Å². The van der Waals surface area contributed by atoms with Crippen LogP contribution in [0.1, 0.15) is 16.8 Å². The molecule has 0 unspecified atom stereocenters. The molecule has 0 atom stereocenters. The van der Waals surface area contributed by atoms with Gasteiger partial charge in [0.15, 0.2) is 0 Å². The van der Waals surface area contributed by atoms with Crippen LogP contribution >= 0.6 is 27.5 Å². The predicted octanol–water partition coefficient (Wildman–Crippen LogP) is 2.97. The summed E-state index contributed by atoms with van der Waals surface area (Å²) in [6.45, 7) is 3.94. The molecule has 0 bridgehead atoms. The van der Waals surface area contributed by atoms with Gasteiger partial charge >= 0.3 is 0 Å². The number of alkyl halides is 1. The molecule has 0 saturated carbocycles. The maximum atomic E-state index is 13.3. The third-order valence-corrected chi connectivity index (χ3v) is 4.30. The zero-order chi connectivity index (χ0) is 14.5. The summed E-state index contributed by atoms with van der Waals surface area (Å²) in [5, 5.41) is 0. The molecule has 0 spiro atoms. The van der Waals surface area contributed by atoms with E-state index in [1.165, 1.54) is 12.1 Å². The average Bonchev–Trinajstić information content (AvgIpc) is 2.67. The van der Waals surface area contributed by atoms with Crippen LogP contribution in [0.4, 0.5) is 4.39 Å². The first-order valence-corrected chi connectivity index (χ1v) is 7.97. The van der Waals surface area contributed by atoms with Crippen LogP contribution in [0.3, 0.4) is 0 Å². The van der Waals surface area contributed by atoms with Gasteiger partial charge in [0.1, 0.15) is 5.82 Å². The topological polar surface area (TPSA) is 23.6 Å². The molecule has 2 rings (SSSR count). The van der Waals surface area contributed by atoms with Crippen molar-refractivity contribution in [2.75, 3.05) is 38.6 Å². The zero-order valence-electron chi connectivity index (χ0n) is 11.1. The van der Waals surface area contributed by atoms with Crippen molar-refractivity contribution in [3.05, 3.63) is 34.1 Å². The average molecular weight is 364 g/mol. The van der Waals surface area contributed by atoms with E-state index in [2.05, 4.69) is 20.8 Å². The summed E-state index contributed by atoms with van der Waals surface area (Å²) in [6.07, 6.45) is 0.912. The van der Waals surface area contributed by atoms with Crippen molar-refractivity contribution in [2.45, 2.75) is 6.42 Å². The molecule has 20 heavy (non-hydrogen) atoms. The second-order valence-corrected chi connectivity index (χ2v) is 6.03. The predicted molar refractivity (Wildman–Crippen MR) is 81.8 cm³/mol. The lowest BCUT2D eigenvalue weighted by Crippen LogP contribution is -2.35. The first kappa shape index (κ1) is 15.7. The van der Waals surface area contributed by atoms with E-state index in [1.807, 2.05) is 0 Å². The highest BCUT2D eigenvalue weighted by atomic mass is 79.9. The fourth-order valence-electron chi connectivity index (χ4n) is 2.35. The SMILES string of the molecule is O=C(c1cc(F)ccc1Br)N1CCCN(CCCl)CC1. The largest absolute Gasteiger partial charge is 0.337 e. The first-order chi connectivity index (χ1) is 9.61. The molecule has 0 aromatic heterocycles. The molecular weight excluding hydrogens is 347 g/mol. The van der Waals surface area contributed by atoms with Crippen molar-refractivity contribution in [1.82, 2.24) is 9.80 Å². The summed E-state index contributed by atoms with van der Waals surface area (Å²) in [7, 11) is 0. The second-order valence-electron chi connectivity index (χ2n) is 4.80. The molecule has 0 radical (unpaired) electrons. The molecule has 6 heteroatoms. The molecule has 1 aromatic carbocycles. The van der Waals surface area contributed by atoms with Crippen LogP contribution in [0.5, 0.6) is 0 Å². The van der Waals surface area contributed by atoms with Crippen molar-refractivity contribution >= 4 is 33.4 Å². The van der Waals surface area contributed by atoms with Crippen LogP contribution in [-0.4, -0.2) is 54.3 Å². The Hall–Kier alpha value is -0.650. The van der Waals surface area contributed by atoms with Crippen LogP contribution in [0, 0.1) is 5.82 Å². The van der Waals surface area contributed by atoms with Crippen LogP contribution in [-0.2, 0) is 0 Å². The van der Waals surface area contributed by atoms with Gasteiger partial charge in [0.05, 0.1) is 5.56 Å².